The van der Waals surface area contributed by atoms with Crippen LogP contribution in [0.4, 0.5) is 0 Å². The molecule has 0 aromatic heterocycles. The highest BCUT2D eigenvalue weighted by Crippen LogP contribution is 2.41. The second-order valence-electron chi connectivity index (χ2n) is 3.75. The van der Waals surface area contributed by atoms with Gasteiger partial charge in [-0.1, -0.05) is 6.92 Å². The highest BCUT2D eigenvalue weighted by atomic mass is 32.2. The first kappa shape index (κ1) is 9.41. The molecule has 0 radical (unpaired) electrons. The van der Waals surface area contributed by atoms with Crippen LogP contribution >= 0.6 is 11.8 Å². The van der Waals surface area contributed by atoms with E-state index in [1.165, 1.54) is 0 Å². The third-order valence-corrected chi connectivity index (χ3v) is 4.22. The molecule has 0 spiro atoms. The summed E-state index contributed by atoms with van der Waals surface area (Å²) in [6.45, 7) is 2.85. The maximum atomic E-state index is 10.4. The summed E-state index contributed by atoms with van der Waals surface area (Å²) < 4.78 is 5.53. The molecule has 1 N–H and O–H groups in total. The SMILES string of the molecule is CC1SCCC1(O)C1=CCCCO1. The summed E-state index contributed by atoms with van der Waals surface area (Å²) in [6, 6.07) is 0. The van der Waals surface area contributed by atoms with Crippen LogP contribution in [-0.4, -0.2) is 28.3 Å². The van der Waals surface area contributed by atoms with Crippen molar-refractivity contribution >= 4 is 11.8 Å². The summed E-state index contributed by atoms with van der Waals surface area (Å²) >= 11 is 1.83. The molecule has 2 rings (SSSR count). The average molecular weight is 200 g/mol. The molecule has 2 atom stereocenters. The van der Waals surface area contributed by atoms with Gasteiger partial charge in [0.2, 0.25) is 0 Å². The molecule has 0 aromatic rings. The standard InChI is InChI=1S/C10H16O2S/c1-8-10(11,5-7-13-8)9-4-2-3-6-12-9/h4,8,11H,2-3,5-7H2,1H3. The minimum atomic E-state index is -0.676. The molecule has 0 aromatic carbocycles. The van der Waals surface area contributed by atoms with Crippen LogP contribution in [0, 0.1) is 0 Å². The summed E-state index contributed by atoms with van der Waals surface area (Å²) in [5.41, 5.74) is -0.676. The van der Waals surface area contributed by atoms with E-state index in [1.54, 1.807) is 0 Å². The van der Waals surface area contributed by atoms with Crippen LogP contribution in [0.15, 0.2) is 11.8 Å². The molecule has 74 valence electrons. The third-order valence-electron chi connectivity index (χ3n) is 2.89. The number of hydrogen-bond donors (Lipinski definition) is 1. The molecule has 2 aliphatic heterocycles. The van der Waals surface area contributed by atoms with E-state index in [4.69, 9.17) is 4.74 Å². The summed E-state index contributed by atoms with van der Waals surface area (Å²) in [5.74, 6) is 1.87. The van der Waals surface area contributed by atoms with Gasteiger partial charge in [-0.15, -0.1) is 0 Å². The van der Waals surface area contributed by atoms with E-state index in [0.717, 1.165) is 37.4 Å². The van der Waals surface area contributed by atoms with Gasteiger partial charge in [-0.25, -0.2) is 0 Å². The van der Waals surface area contributed by atoms with E-state index in [1.807, 2.05) is 11.8 Å². The molecule has 2 heterocycles. The van der Waals surface area contributed by atoms with Gasteiger partial charge in [0, 0.05) is 5.25 Å². The van der Waals surface area contributed by atoms with Gasteiger partial charge < -0.3 is 9.84 Å². The quantitative estimate of drug-likeness (QED) is 0.701. The number of aliphatic hydroxyl groups is 1. The lowest BCUT2D eigenvalue weighted by Gasteiger charge is -2.31. The zero-order chi connectivity index (χ0) is 9.31. The van der Waals surface area contributed by atoms with Crippen molar-refractivity contribution < 1.29 is 9.84 Å². The van der Waals surface area contributed by atoms with Crippen molar-refractivity contribution in [1.82, 2.24) is 0 Å². The molecule has 1 saturated heterocycles. The maximum absolute atomic E-state index is 10.4. The number of hydrogen-bond acceptors (Lipinski definition) is 3. The largest absolute Gasteiger partial charge is 0.495 e. The van der Waals surface area contributed by atoms with Crippen molar-refractivity contribution in [1.29, 1.82) is 0 Å². The van der Waals surface area contributed by atoms with Crippen molar-refractivity contribution in [2.75, 3.05) is 12.4 Å². The van der Waals surface area contributed by atoms with Crippen molar-refractivity contribution in [2.24, 2.45) is 0 Å². The molecule has 2 unspecified atom stereocenters. The lowest BCUT2D eigenvalue weighted by Crippen LogP contribution is -2.38. The highest BCUT2D eigenvalue weighted by Gasteiger charge is 2.43. The van der Waals surface area contributed by atoms with Crippen LogP contribution in [0.25, 0.3) is 0 Å². The van der Waals surface area contributed by atoms with Crippen LogP contribution < -0.4 is 0 Å². The Morgan fingerprint density at radius 1 is 1.69 bits per heavy atom. The number of ether oxygens (including phenoxy) is 1. The van der Waals surface area contributed by atoms with E-state index in [9.17, 15) is 5.11 Å². The van der Waals surface area contributed by atoms with Crippen LogP contribution in [0.5, 0.6) is 0 Å². The van der Waals surface area contributed by atoms with E-state index in [-0.39, 0.29) is 5.25 Å². The molecule has 3 heteroatoms. The van der Waals surface area contributed by atoms with Gasteiger partial charge in [0.1, 0.15) is 11.4 Å². The minimum absolute atomic E-state index is 0.275. The normalized spacial score (nSPS) is 39.8. The molecular formula is C10H16O2S. The van der Waals surface area contributed by atoms with Crippen molar-refractivity contribution in [3.63, 3.8) is 0 Å². The molecule has 2 aliphatic rings. The minimum Gasteiger partial charge on any atom is -0.495 e. The molecule has 2 nitrogen and oxygen atoms in total. The van der Waals surface area contributed by atoms with E-state index in [0.29, 0.717) is 0 Å². The predicted octanol–water partition coefficient (Wildman–Crippen LogP) is 1.94. The first-order chi connectivity index (χ1) is 6.23. The Morgan fingerprint density at radius 2 is 2.54 bits per heavy atom. The molecule has 0 bridgehead atoms. The Hall–Kier alpha value is -0.150. The molecule has 0 amide bonds. The first-order valence-corrected chi connectivity index (χ1v) is 5.96. The molecule has 0 saturated carbocycles. The Bertz CT molecular complexity index is 227. The number of allylic oxidation sites excluding steroid dienone is 1. The van der Waals surface area contributed by atoms with Crippen LogP contribution in [0.2, 0.25) is 0 Å². The monoisotopic (exact) mass is 200 g/mol. The molecule has 1 fully saturated rings. The summed E-state index contributed by atoms with van der Waals surface area (Å²) in [5, 5.41) is 10.6. The van der Waals surface area contributed by atoms with Crippen molar-refractivity contribution in [3.05, 3.63) is 11.8 Å². The smallest absolute Gasteiger partial charge is 0.133 e. The Kier molecular flexibility index (Phi) is 2.56. The maximum Gasteiger partial charge on any atom is 0.133 e. The Balaban J connectivity index is 2.17. The van der Waals surface area contributed by atoms with Gasteiger partial charge in [0.15, 0.2) is 0 Å². The summed E-state index contributed by atoms with van der Waals surface area (Å²) in [4.78, 5) is 0. The van der Waals surface area contributed by atoms with E-state index in [2.05, 4.69) is 13.0 Å². The van der Waals surface area contributed by atoms with Crippen LogP contribution in [0.1, 0.15) is 26.2 Å². The van der Waals surface area contributed by atoms with Crippen molar-refractivity contribution in [2.45, 2.75) is 37.0 Å². The topological polar surface area (TPSA) is 29.5 Å². The molecule has 13 heavy (non-hydrogen) atoms. The zero-order valence-electron chi connectivity index (χ0n) is 7.95. The van der Waals surface area contributed by atoms with E-state index >= 15 is 0 Å². The Morgan fingerprint density at radius 3 is 3.08 bits per heavy atom. The van der Waals surface area contributed by atoms with Gasteiger partial charge in [-0.05, 0) is 31.1 Å². The number of thioether (sulfide) groups is 1. The first-order valence-electron chi connectivity index (χ1n) is 4.91. The van der Waals surface area contributed by atoms with Gasteiger partial charge >= 0.3 is 0 Å². The molecular weight excluding hydrogens is 184 g/mol. The fourth-order valence-corrected chi connectivity index (χ4v) is 3.21. The summed E-state index contributed by atoms with van der Waals surface area (Å²) in [6.07, 6.45) is 5.03. The van der Waals surface area contributed by atoms with Gasteiger partial charge in [-0.2, -0.15) is 11.8 Å². The second-order valence-corrected chi connectivity index (χ2v) is 5.20. The average Bonchev–Trinajstić information content (AvgIpc) is 2.50. The van der Waals surface area contributed by atoms with Gasteiger partial charge in [0.25, 0.3) is 0 Å². The number of rotatable bonds is 1. The fraction of sp³-hybridized carbons (Fsp3) is 0.800. The Labute approximate surface area is 83.4 Å². The zero-order valence-corrected chi connectivity index (χ0v) is 8.77. The predicted molar refractivity (Wildman–Crippen MR) is 54.8 cm³/mol. The summed E-state index contributed by atoms with van der Waals surface area (Å²) in [7, 11) is 0. The van der Waals surface area contributed by atoms with Crippen molar-refractivity contribution in [3.8, 4) is 0 Å². The highest BCUT2D eigenvalue weighted by molar-refractivity contribution is 8.00. The van der Waals surface area contributed by atoms with Crippen LogP contribution in [-0.2, 0) is 4.74 Å². The fourth-order valence-electron chi connectivity index (χ4n) is 1.92. The molecule has 0 aliphatic carbocycles. The lowest BCUT2D eigenvalue weighted by atomic mass is 9.93. The third kappa shape index (κ3) is 1.59. The lowest BCUT2D eigenvalue weighted by molar-refractivity contribution is 0.00849. The van der Waals surface area contributed by atoms with E-state index < -0.39 is 5.60 Å². The van der Waals surface area contributed by atoms with Crippen LogP contribution in [0.3, 0.4) is 0 Å². The van der Waals surface area contributed by atoms with Gasteiger partial charge in [0.05, 0.1) is 6.61 Å². The second kappa shape index (κ2) is 3.54. The van der Waals surface area contributed by atoms with Gasteiger partial charge in [-0.3, -0.25) is 0 Å².